The van der Waals surface area contributed by atoms with Crippen molar-refractivity contribution in [2.45, 2.75) is 32.2 Å². The van der Waals surface area contributed by atoms with Crippen molar-refractivity contribution in [2.24, 2.45) is 5.73 Å². The van der Waals surface area contributed by atoms with E-state index < -0.39 is 0 Å². The summed E-state index contributed by atoms with van der Waals surface area (Å²) in [5.41, 5.74) is 5.28. The minimum absolute atomic E-state index is 0.211. The van der Waals surface area contributed by atoms with E-state index in [4.69, 9.17) is 5.73 Å². The fourth-order valence-electron chi connectivity index (χ4n) is 1.46. The standard InChI is InChI=1S/C10H18N4O/c1-3-10(4-2,7-11)14-8-9(15)13-6-5-12-8/h5-6H,3-4,7,11H2,1-2H3,(H,12,14)(H,13,15). The quantitative estimate of drug-likeness (QED) is 0.668. The molecule has 0 atom stereocenters. The Morgan fingerprint density at radius 3 is 2.67 bits per heavy atom. The Kier molecular flexibility index (Phi) is 3.85. The van der Waals surface area contributed by atoms with Crippen LogP contribution in [0.2, 0.25) is 0 Å². The Labute approximate surface area is 89.1 Å². The monoisotopic (exact) mass is 210 g/mol. The van der Waals surface area contributed by atoms with E-state index in [1.165, 1.54) is 6.20 Å². The molecule has 0 bridgehead atoms. The Hall–Kier alpha value is -1.36. The average Bonchev–Trinajstić information content (AvgIpc) is 2.29. The molecule has 5 nitrogen and oxygen atoms in total. The van der Waals surface area contributed by atoms with Crippen LogP contribution in [0, 0.1) is 0 Å². The number of hydrogen-bond acceptors (Lipinski definition) is 4. The highest BCUT2D eigenvalue weighted by Gasteiger charge is 2.25. The molecule has 0 aliphatic heterocycles. The van der Waals surface area contributed by atoms with Gasteiger partial charge in [0.2, 0.25) is 0 Å². The number of nitrogens with zero attached hydrogens (tertiary/aromatic N) is 1. The highest BCUT2D eigenvalue weighted by Crippen LogP contribution is 2.17. The number of rotatable bonds is 5. The van der Waals surface area contributed by atoms with E-state index in [-0.39, 0.29) is 11.1 Å². The van der Waals surface area contributed by atoms with E-state index in [2.05, 4.69) is 15.3 Å². The SMILES string of the molecule is CCC(CC)(CN)Nc1ncc[nH]c1=O. The van der Waals surface area contributed by atoms with E-state index in [0.717, 1.165) is 12.8 Å². The molecule has 0 saturated heterocycles. The Bertz CT molecular complexity index is 348. The lowest BCUT2D eigenvalue weighted by Crippen LogP contribution is -2.45. The van der Waals surface area contributed by atoms with Gasteiger partial charge in [0.1, 0.15) is 0 Å². The first-order valence-electron chi connectivity index (χ1n) is 5.19. The maximum absolute atomic E-state index is 11.4. The van der Waals surface area contributed by atoms with Gasteiger partial charge in [-0.3, -0.25) is 4.79 Å². The summed E-state index contributed by atoms with van der Waals surface area (Å²) in [7, 11) is 0. The van der Waals surface area contributed by atoms with Gasteiger partial charge in [0.25, 0.3) is 5.56 Å². The lowest BCUT2D eigenvalue weighted by atomic mass is 9.93. The molecule has 0 saturated carbocycles. The topological polar surface area (TPSA) is 83.8 Å². The average molecular weight is 210 g/mol. The smallest absolute Gasteiger partial charge is 0.290 e. The van der Waals surface area contributed by atoms with E-state index >= 15 is 0 Å². The van der Waals surface area contributed by atoms with Gasteiger partial charge in [0.05, 0.1) is 5.54 Å². The van der Waals surface area contributed by atoms with Crippen LogP contribution < -0.4 is 16.6 Å². The molecule has 0 amide bonds. The molecule has 0 fully saturated rings. The van der Waals surface area contributed by atoms with Crippen LogP contribution in [-0.2, 0) is 0 Å². The van der Waals surface area contributed by atoms with E-state index in [0.29, 0.717) is 12.4 Å². The normalized spacial score (nSPS) is 11.4. The van der Waals surface area contributed by atoms with Crippen LogP contribution in [0.1, 0.15) is 26.7 Å². The zero-order valence-corrected chi connectivity index (χ0v) is 9.21. The first-order valence-corrected chi connectivity index (χ1v) is 5.19. The Morgan fingerprint density at radius 2 is 2.20 bits per heavy atom. The molecule has 84 valence electrons. The fourth-order valence-corrected chi connectivity index (χ4v) is 1.46. The third-order valence-electron chi connectivity index (χ3n) is 2.84. The van der Waals surface area contributed by atoms with E-state index in [1.54, 1.807) is 6.20 Å². The predicted molar refractivity (Wildman–Crippen MR) is 60.8 cm³/mol. The molecule has 5 heteroatoms. The molecule has 1 aromatic heterocycles. The summed E-state index contributed by atoms with van der Waals surface area (Å²) in [5.74, 6) is 0.339. The van der Waals surface area contributed by atoms with Gasteiger partial charge in [-0.25, -0.2) is 4.98 Å². The largest absolute Gasteiger partial charge is 0.359 e. The van der Waals surface area contributed by atoms with Gasteiger partial charge >= 0.3 is 0 Å². The number of aromatic amines is 1. The van der Waals surface area contributed by atoms with Crippen LogP contribution in [0.15, 0.2) is 17.2 Å². The number of aromatic nitrogens is 2. The number of H-pyrrole nitrogens is 1. The van der Waals surface area contributed by atoms with Crippen LogP contribution in [0.5, 0.6) is 0 Å². The van der Waals surface area contributed by atoms with Gasteiger partial charge in [0.15, 0.2) is 5.82 Å². The minimum atomic E-state index is -0.235. The highest BCUT2D eigenvalue weighted by atomic mass is 16.1. The lowest BCUT2D eigenvalue weighted by molar-refractivity contribution is 0.443. The summed E-state index contributed by atoms with van der Waals surface area (Å²) in [5, 5.41) is 3.13. The number of nitrogens with two attached hydrogens (primary N) is 1. The van der Waals surface area contributed by atoms with Gasteiger partial charge in [-0.2, -0.15) is 0 Å². The van der Waals surface area contributed by atoms with Crippen molar-refractivity contribution in [1.82, 2.24) is 9.97 Å². The van der Waals surface area contributed by atoms with Crippen molar-refractivity contribution in [3.63, 3.8) is 0 Å². The second-order valence-corrected chi connectivity index (χ2v) is 3.58. The summed E-state index contributed by atoms with van der Waals surface area (Å²) in [6.07, 6.45) is 4.78. The van der Waals surface area contributed by atoms with Gasteiger partial charge < -0.3 is 16.0 Å². The molecule has 0 unspecified atom stereocenters. The summed E-state index contributed by atoms with van der Waals surface area (Å²) in [6, 6.07) is 0. The fraction of sp³-hybridized carbons (Fsp3) is 0.600. The molecule has 4 N–H and O–H groups in total. The van der Waals surface area contributed by atoms with Gasteiger partial charge in [-0.15, -0.1) is 0 Å². The molecule has 0 aliphatic rings. The molecule has 15 heavy (non-hydrogen) atoms. The Morgan fingerprint density at radius 1 is 1.53 bits per heavy atom. The van der Waals surface area contributed by atoms with Crippen LogP contribution in [0.25, 0.3) is 0 Å². The molecule has 1 aromatic rings. The van der Waals surface area contributed by atoms with E-state index in [9.17, 15) is 4.79 Å². The van der Waals surface area contributed by atoms with Crippen LogP contribution in [0.3, 0.4) is 0 Å². The van der Waals surface area contributed by atoms with Crippen LogP contribution in [0.4, 0.5) is 5.82 Å². The third kappa shape index (κ3) is 2.56. The first-order chi connectivity index (χ1) is 7.17. The van der Waals surface area contributed by atoms with Crippen molar-refractivity contribution < 1.29 is 0 Å². The maximum Gasteiger partial charge on any atom is 0.290 e. The predicted octanol–water partition coefficient (Wildman–Crippen LogP) is 0.699. The van der Waals surface area contributed by atoms with Crippen molar-refractivity contribution in [3.05, 3.63) is 22.7 Å². The zero-order chi connectivity index (χ0) is 11.3. The van der Waals surface area contributed by atoms with Gasteiger partial charge in [0, 0.05) is 18.9 Å². The van der Waals surface area contributed by atoms with Crippen molar-refractivity contribution in [1.29, 1.82) is 0 Å². The molecule has 0 aliphatic carbocycles. The van der Waals surface area contributed by atoms with Crippen molar-refractivity contribution in [3.8, 4) is 0 Å². The molecule has 0 radical (unpaired) electrons. The van der Waals surface area contributed by atoms with Crippen LogP contribution in [-0.4, -0.2) is 22.1 Å². The molecular weight excluding hydrogens is 192 g/mol. The lowest BCUT2D eigenvalue weighted by Gasteiger charge is -2.31. The first kappa shape index (κ1) is 11.7. The molecular formula is C10H18N4O. The van der Waals surface area contributed by atoms with Gasteiger partial charge in [-0.1, -0.05) is 13.8 Å². The summed E-state index contributed by atoms with van der Waals surface area (Å²) < 4.78 is 0. The summed E-state index contributed by atoms with van der Waals surface area (Å²) >= 11 is 0. The van der Waals surface area contributed by atoms with Crippen molar-refractivity contribution >= 4 is 5.82 Å². The maximum atomic E-state index is 11.4. The van der Waals surface area contributed by atoms with Crippen LogP contribution >= 0.6 is 0 Å². The Balaban J connectivity index is 2.93. The van der Waals surface area contributed by atoms with Gasteiger partial charge in [-0.05, 0) is 12.8 Å². The molecule has 1 heterocycles. The summed E-state index contributed by atoms with van der Waals surface area (Å²) in [6.45, 7) is 4.57. The molecule has 0 aromatic carbocycles. The third-order valence-corrected chi connectivity index (χ3v) is 2.84. The summed E-state index contributed by atoms with van der Waals surface area (Å²) in [4.78, 5) is 18.0. The highest BCUT2D eigenvalue weighted by molar-refractivity contribution is 5.34. The zero-order valence-electron chi connectivity index (χ0n) is 9.21. The molecule has 0 spiro atoms. The van der Waals surface area contributed by atoms with E-state index in [1.807, 2.05) is 13.8 Å². The number of hydrogen-bond donors (Lipinski definition) is 3. The van der Waals surface area contributed by atoms with Crippen molar-refractivity contribution in [2.75, 3.05) is 11.9 Å². The second kappa shape index (κ2) is 4.93. The number of anilines is 1. The molecule has 1 rings (SSSR count). The number of nitrogens with one attached hydrogen (secondary N) is 2. The second-order valence-electron chi connectivity index (χ2n) is 3.58. The minimum Gasteiger partial charge on any atom is -0.359 e.